The summed E-state index contributed by atoms with van der Waals surface area (Å²) >= 11 is 0. The number of carbonyl (C=O) groups is 1. The fourth-order valence-electron chi connectivity index (χ4n) is 2.71. The Bertz CT molecular complexity index is 958. The summed E-state index contributed by atoms with van der Waals surface area (Å²) in [5, 5.41) is 3.71. The van der Waals surface area contributed by atoms with Crippen LogP contribution < -0.4 is 15.6 Å². The van der Waals surface area contributed by atoms with Crippen molar-refractivity contribution in [3.05, 3.63) is 58.8 Å². The number of aromatic nitrogens is 3. The van der Waals surface area contributed by atoms with Crippen molar-refractivity contribution < 1.29 is 9.53 Å². The van der Waals surface area contributed by atoms with Gasteiger partial charge in [-0.3, -0.25) is 9.59 Å². The molecule has 3 aromatic rings. The van der Waals surface area contributed by atoms with E-state index in [0.717, 1.165) is 5.39 Å². The second-order valence-corrected chi connectivity index (χ2v) is 5.59. The highest BCUT2D eigenvalue weighted by Gasteiger charge is 2.13. The van der Waals surface area contributed by atoms with Gasteiger partial charge in [0.2, 0.25) is 5.88 Å². The average molecular weight is 340 g/mol. The first-order valence-corrected chi connectivity index (χ1v) is 8.12. The summed E-state index contributed by atoms with van der Waals surface area (Å²) in [7, 11) is 1.84. The van der Waals surface area contributed by atoms with Gasteiger partial charge in [-0.1, -0.05) is 0 Å². The first-order chi connectivity index (χ1) is 12.1. The number of ether oxygens (including phenoxy) is 1. The highest BCUT2D eigenvalue weighted by atomic mass is 16.5. The van der Waals surface area contributed by atoms with E-state index < -0.39 is 0 Å². The lowest BCUT2D eigenvalue weighted by molar-refractivity contribution is 0.0947. The first-order valence-electron chi connectivity index (χ1n) is 8.12. The van der Waals surface area contributed by atoms with E-state index in [4.69, 9.17) is 4.74 Å². The second kappa shape index (κ2) is 7.21. The molecule has 3 heterocycles. The number of amides is 1. The van der Waals surface area contributed by atoms with Crippen LogP contribution in [-0.4, -0.2) is 33.2 Å². The zero-order valence-electron chi connectivity index (χ0n) is 14.2. The first kappa shape index (κ1) is 16.8. The number of carbonyl (C=O) groups excluding carboxylic acids is 1. The molecule has 0 saturated carbocycles. The smallest absolute Gasteiger partial charge is 0.275 e. The molecular weight excluding hydrogens is 320 g/mol. The predicted octanol–water partition coefficient (Wildman–Crippen LogP) is 1.56. The van der Waals surface area contributed by atoms with E-state index in [1.165, 1.54) is 0 Å². The Balaban J connectivity index is 1.69. The summed E-state index contributed by atoms with van der Waals surface area (Å²) in [6.45, 7) is 2.98. The quantitative estimate of drug-likeness (QED) is 0.739. The van der Waals surface area contributed by atoms with Crippen molar-refractivity contribution in [3.63, 3.8) is 0 Å². The molecule has 0 bridgehead atoms. The Morgan fingerprint density at radius 2 is 2.08 bits per heavy atom. The van der Waals surface area contributed by atoms with E-state index in [-0.39, 0.29) is 11.5 Å². The third kappa shape index (κ3) is 3.40. The van der Waals surface area contributed by atoms with Gasteiger partial charge in [0.1, 0.15) is 11.1 Å². The lowest BCUT2D eigenvalue weighted by Gasteiger charge is -2.10. The third-order valence-electron chi connectivity index (χ3n) is 3.94. The number of rotatable bonds is 6. The van der Waals surface area contributed by atoms with Crippen LogP contribution in [0.4, 0.5) is 0 Å². The molecule has 7 heteroatoms. The maximum atomic E-state index is 12.5. The summed E-state index contributed by atoms with van der Waals surface area (Å²) in [5.74, 6) is 0.0365. The van der Waals surface area contributed by atoms with Crippen molar-refractivity contribution in [2.45, 2.75) is 13.5 Å². The van der Waals surface area contributed by atoms with E-state index in [1.54, 1.807) is 33.7 Å². The SMILES string of the molecule is CCOc1ncccc1C(=O)NCCn1ccc2ccn(C)c2c1=O. The van der Waals surface area contributed by atoms with E-state index in [1.807, 2.05) is 32.3 Å². The van der Waals surface area contributed by atoms with Crippen molar-refractivity contribution in [1.82, 2.24) is 19.4 Å². The van der Waals surface area contributed by atoms with Gasteiger partial charge in [-0.25, -0.2) is 4.98 Å². The number of pyridine rings is 2. The van der Waals surface area contributed by atoms with Gasteiger partial charge >= 0.3 is 0 Å². The molecule has 3 aromatic heterocycles. The number of nitrogens with one attached hydrogen (secondary N) is 1. The molecule has 0 unspecified atom stereocenters. The number of hydrogen-bond acceptors (Lipinski definition) is 4. The van der Waals surface area contributed by atoms with Crippen LogP contribution in [-0.2, 0) is 13.6 Å². The summed E-state index contributed by atoms with van der Waals surface area (Å²) in [6.07, 6.45) is 5.18. The molecule has 0 fully saturated rings. The van der Waals surface area contributed by atoms with Crippen molar-refractivity contribution in [2.75, 3.05) is 13.2 Å². The molecule has 0 radical (unpaired) electrons. The Hall–Kier alpha value is -3.09. The summed E-state index contributed by atoms with van der Waals surface area (Å²) in [5.41, 5.74) is 0.963. The molecule has 1 amide bonds. The van der Waals surface area contributed by atoms with Gasteiger partial charge < -0.3 is 19.2 Å². The molecule has 0 aliphatic carbocycles. The molecule has 25 heavy (non-hydrogen) atoms. The van der Waals surface area contributed by atoms with Gasteiger partial charge in [-0.15, -0.1) is 0 Å². The maximum Gasteiger partial charge on any atom is 0.275 e. The van der Waals surface area contributed by atoms with Crippen molar-refractivity contribution in [1.29, 1.82) is 0 Å². The normalized spacial score (nSPS) is 10.8. The Kier molecular flexibility index (Phi) is 4.83. The van der Waals surface area contributed by atoms with Crippen LogP contribution in [0, 0.1) is 0 Å². The van der Waals surface area contributed by atoms with Gasteiger partial charge in [-0.05, 0) is 31.2 Å². The monoisotopic (exact) mass is 340 g/mol. The van der Waals surface area contributed by atoms with Crippen molar-refractivity contribution in [3.8, 4) is 5.88 Å². The van der Waals surface area contributed by atoms with Gasteiger partial charge in [0, 0.05) is 44.1 Å². The largest absolute Gasteiger partial charge is 0.477 e. The van der Waals surface area contributed by atoms with Crippen LogP contribution in [0.3, 0.4) is 0 Å². The van der Waals surface area contributed by atoms with Crippen LogP contribution in [0.15, 0.2) is 47.7 Å². The molecule has 3 rings (SSSR count). The standard InChI is InChI=1S/C18H20N4O3/c1-3-25-17-14(5-4-8-20-17)16(23)19-9-12-22-11-7-13-6-10-21(2)15(13)18(22)24/h4-8,10-11H,3,9,12H2,1-2H3,(H,19,23). The Morgan fingerprint density at radius 1 is 1.28 bits per heavy atom. The molecule has 0 saturated heterocycles. The van der Waals surface area contributed by atoms with Gasteiger partial charge in [0.05, 0.1) is 6.61 Å². The van der Waals surface area contributed by atoms with Gasteiger partial charge in [-0.2, -0.15) is 0 Å². The fraction of sp³-hybridized carbons (Fsp3) is 0.278. The predicted molar refractivity (Wildman–Crippen MR) is 94.9 cm³/mol. The summed E-state index contributed by atoms with van der Waals surface area (Å²) < 4.78 is 8.76. The third-order valence-corrected chi connectivity index (χ3v) is 3.94. The topological polar surface area (TPSA) is 78.2 Å². The lowest BCUT2D eigenvalue weighted by atomic mass is 10.2. The van der Waals surface area contributed by atoms with Crippen molar-refractivity contribution >= 4 is 16.8 Å². The minimum absolute atomic E-state index is 0.0735. The number of nitrogens with zero attached hydrogens (tertiary/aromatic N) is 3. The van der Waals surface area contributed by atoms with E-state index in [9.17, 15) is 9.59 Å². The molecule has 0 spiro atoms. The van der Waals surface area contributed by atoms with E-state index in [0.29, 0.717) is 36.7 Å². The Morgan fingerprint density at radius 3 is 2.88 bits per heavy atom. The van der Waals surface area contributed by atoms with Crippen molar-refractivity contribution in [2.24, 2.45) is 7.05 Å². The second-order valence-electron chi connectivity index (χ2n) is 5.59. The van der Waals surface area contributed by atoms with E-state index in [2.05, 4.69) is 10.3 Å². The van der Waals surface area contributed by atoms with Crippen LogP contribution >= 0.6 is 0 Å². The molecular formula is C18H20N4O3. The maximum absolute atomic E-state index is 12.5. The molecule has 0 aromatic carbocycles. The van der Waals surface area contributed by atoms with Crippen LogP contribution in [0.25, 0.3) is 10.9 Å². The van der Waals surface area contributed by atoms with E-state index >= 15 is 0 Å². The number of aryl methyl sites for hydroxylation is 1. The lowest BCUT2D eigenvalue weighted by Crippen LogP contribution is -2.31. The minimum Gasteiger partial charge on any atom is -0.477 e. The molecule has 7 nitrogen and oxygen atoms in total. The molecule has 130 valence electrons. The zero-order valence-corrected chi connectivity index (χ0v) is 14.2. The fourth-order valence-corrected chi connectivity index (χ4v) is 2.71. The highest BCUT2D eigenvalue weighted by molar-refractivity contribution is 5.96. The number of hydrogen-bond donors (Lipinski definition) is 1. The zero-order chi connectivity index (χ0) is 17.8. The summed E-state index contributed by atoms with van der Waals surface area (Å²) in [6, 6.07) is 7.15. The van der Waals surface area contributed by atoms with Crippen LogP contribution in [0.5, 0.6) is 5.88 Å². The highest BCUT2D eigenvalue weighted by Crippen LogP contribution is 2.14. The molecule has 0 aliphatic heterocycles. The molecule has 0 aliphatic rings. The Labute approximate surface area is 144 Å². The van der Waals surface area contributed by atoms with Crippen LogP contribution in [0.1, 0.15) is 17.3 Å². The summed E-state index contributed by atoms with van der Waals surface area (Å²) in [4.78, 5) is 28.9. The number of fused-ring (bicyclic) bond motifs is 1. The molecule has 1 N–H and O–H groups in total. The van der Waals surface area contributed by atoms with Gasteiger partial charge in [0.15, 0.2) is 0 Å². The molecule has 0 atom stereocenters. The van der Waals surface area contributed by atoms with Crippen LogP contribution in [0.2, 0.25) is 0 Å². The van der Waals surface area contributed by atoms with Gasteiger partial charge in [0.25, 0.3) is 11.5 Å². The average Bonchev–Trinajstić information content (AvgIpc) is 2.99. The minimum atomic E-state index is -0.274.